The lowest BCUT2D eigenvalue weighted by Crippen LogP contribution is -2.45. The molecule has 1 saturated heterocycles. The van der Waals surface area contributed by atoms with Gasteiger partial charge in [-0.2, -0.15) is 10.1 Å². The van der Waals surface area contributed by atoms with Crippen LogP contribution in [0.1, 0.15) is 41.8 Å². The molecule has 7 nitrogen and oxygen atoms in total. The van der Waals surface area contributed by atoms with Crippen LogP contribution in [0.15, 0.2) is 91.0 Å². The maximum atomic E-state index is 10.5. The molecule has 1 aliphatic rings. The van der Waals surface area contributed by atoms with Crippen molar-refractivity contribution in [3.05, 3.63) is 114 Å². The number of hydrogen-bond donors (Lipinski definition) is 1. The van der Waals surface area contributed by atoms with E-state index >= 15 is 0 Å². The van der Waals surface area contributed by atoms with Gasteiger partial charge in [0.05, 0.1) is 18.0 Å². The average Bonchev–Trinajstić information content (AvgIpc) is 3.45. The van der Waals surface area contributed by atoms with E-state index in [2.05, 4.69) is 69.8 Å². The maximum absolute atomic E-state index is 10.5. The first-order chi connectivity index (χ1) is 18.2. The second-order valence-corrected chi connectivity index (χ2v) is 9.79. The van der Waals surface area contributed by atoms with Crippen molar-refractivity contribution in [1.82, 2.24) is 25.1 Å². The summed E-state index contributed by atoms with van der Waals surface area (Å²) in [5.41, 5.74) is 8.05. The molecule has 1 aromatic heterocycles. The van der Waals surface area contributed by atoms with Crippen molar-refractivity contribution in [3.63, 3.8) is 0 Å². The molecule has 0 spiro atoms. The van der Waals surface area contributed by atoms with E-state index in [-0.39, 0.29) is 5.41 Å². The third-order valence-electron chi connectivity index (χ3n) is 7.77. The van der Waals surface area contributed by atoms with E-state index in [1.165, 1.54) is 5.56 Å². The van der Waals surface area contributed by atoms with E-state index < -0.39 is 5.41 Å². The van der Waals surface area contributed by atoms with Gasteiger partial charge in [0.2, 0.25) is 0 Å². The first-order valence-electron chi connectivity index (χ1n) is 13.0. The van der Waals surface area contributed by atoms with Crippen molar-refractivity contribution in [1.29, 1.82) is 5.26 Å². The number of benzene rings is 3. The molecule has 0 amide bonds. The van der Waals surface area contributed by atoms with Gasteiger partial charge in [-0.05, 0) is 54.3 Å². The molecule has 0 atom stereocenters. The first-order valence-corrected chi connectivity index (χ1v) is 13.0. The lowest BCUT2D eigenvalue weighted by atomic mass is 9.71. The molecule has 3 aromatic carbocycles. The summed E-state index contributed by atoms with van der Waals surface area (Å²) in [7, 11) is 0. The Morgan fingerprint density at radius 2 is 1.41 bits per heavy atom. The predicted molar refractivity (Wildman–Crippen MR) is 144 cm³/mol. The van der Waals surface area contributed by atoms with E-state index in [9.17, 15) is 5.26 Å². The van der Waals surface area contributed by atoms with Crippen molar-refractivity contribution in [2.45, 2.75) is 36.6 Å². The summed E-state index contributed by atoms with van der Waals surface area (Å²) < 4.78 is 0. The second kappa shape index (κ2) is 11.0. The van der Waals surface area contributed by atoms with Crippen LogP contribution in [0.4, 0.5) is 0 Å². The van der Waals surface area contributed by atoms with Gasteiger partial charge in [-0.15, -0.1) is 10.2 Å². The highest BCUT2D eigenvalue weighted by Gasteiger charge is 2.42. The van der Waals surface area contributed by atoms with Crippen molar-refractivity contribution in [2.24, 2.45) is 5.73 Å². The second-order valence-electron chi connectivity index (χ2n) is 9.79. The third kappa shape index (κ3) is 4.91. The van der Waals surface area contributed by atoms with E-state index in [4.69, 9.17) is 10.8 Å². The minimum absolute atomic E-state index is 0.282. The summed E-state index contributed by atoms with van der Waals surface area (Å²) in [4.78, 5) is 4.08. The highest BCUT2D eigenvalue weighted by Crippen LogP contribution is 2.41. The van der Waals surface area contributed by atoms with Gasteiger partial charge in [-0.1, -0.05) is 91.0 Å². The molecule has 2 heterocycles. The molecule has 1 fully saturated rings. The third-order valence-corrected chi connectivity index (χ3v) is 7.77. The predicted octanol–water partition coefficient (Wildman–Crippen LogP) is 3.91. The standard InChI is InChI=1S/C30H33N7/c31-19-23-37-34-28(33-35-37)29(25-10-4-1-5-11-25)16-20-36(21-17-29)22-18-30(24-32,26-12-6-2-7-13-26)27-14-8-3-9-15-27/h1-15H,16-23,31H2. The number of hydrogen-bond acceptors (Lipinski definition) is 6. The number of likely N-dealkylation sites (tertiary alicyclic amines) is 1. The van der Waals surface area contributed by atoms with Gasteiger partial charge in [0, 0.05) is 13.1 Å². The summed E-state index contributed by atoms with van der Waals surface area (Å²) in [6.45, 7) is 3.65. The summed E-state index contributed by atoms with van der Waals surface area (Å²) in [6, 6.07) is 33.6. The van der Waals surface area contributed by atoms with Gasteiger partial charge in [0.25, 0.3) is 0 Å². The Morgan fingerprint density at radius 3 is 1.95 bits per heavy atom. The fourth-order valence-electron chi connectivity index (χ4n) is 5.61. The monoisotopic (exact) mass is 491 g/mol. The van der Waals surface area contributed by atoms with Gasteiger partial charge >= 0.3 is 0 Å². The fourth-order valence-corrected chi connectivity index (χ4v) is 5.61. The van der Waals surface area contributed by atoms with Crippen LogP contribution >= 0.6 is 0 Å². The zero-order chi connectivity index (χ0) is 25.6. The van der Waals surface area contributed by atoms with Gasteiger partial charge in [0.1, 0.15) is 5.41 Å². The van der Waals surface area contributed by atoms with Crippen LogP contribution in [-0.4, -0.2) is 51.3 Å². The summed E-state index contributed by atoms with van der Waals surface area (Å²) in [5, 5.41) is 24.0. The SMILES string of the molecule is N#CC(CCN1CCC(c2ccccc2)(c2nnn(CCN)n2)CC1)(c1ccccc1)c1ccccc1. The summed E-state index contributed by atoms with van der Waals surface area (Å²) >= 11 is 0. The highest BCUT2D eigenvalue weighted by molar-refractivity contribution is 5.45. The van der Waals surface area contributed by atoms with Gasteiger partial charge in [0.15, 0.2) is 5.82 Å². The molecule has 4 aromatic rings. The molecule has 7 heteroatoms. The van der Waals surface area contributed by atoms with Crippen LogP contribution < -0.4 is 5.73 Å². The molecule has 1 aliphatic heterocycles. The van der Waals surface area contributed by atoms with Crippen molar-refractivity contribution < 1.29 is 0 Å². The van der Waals surface area contributed by atoms with Crippen LogP contribution in [0.5, 0.6) is 0 Å². The summed E-state index contributed by atoms with van der Waals surface area (Å²) in [5.74, 6) is 0.770. The molecular weight excluding hydrogens is 458 g/mol. The largest absolute Gasteiger partial charge is 0.329 e. The molecule has 0 bridgehead atoms. The van der Waals surface area contributed by atoms with Gasteiger partial charge < -0.3 is 10.6 Å². The van der Waals surface area contributed by atoms with Crippen LogP contribution in [0.25, 0.3) is 0 Å². The van der Waals surface area contributed by atoms with Gasteiger partial charge in [-0.25, -0.2) is 0 Å². The highest BCUT2D eigenvalue weighted by atomic mass is 15.6. The van der Waals surface area contributed by atoms with Crippen molar-refractivity contribution in [3.8, 4) is 6.07 Å². The number of piperidine rings is 1. The summed E-state index contributed by atoms with van der Waals surface area (Å²) in [6.07, 6.45) is 2.50. The maximum Gasteiger partial charge on any atom is 0.185 e. The number of tetrazole rings is 1. The molecule has 0 saturated carbocycles. The molecule has 2 N–H and O–H groups in total. The van der Waals surface area contributed by atoms with Crippen LogP contribution in [0.3, 0.4) is 0 Å². The first kappa shape index (κ1) is 24.8. The van der Waals surface area contributed by atoms with E-state index in [1.54, 1.807) is 4.80 Å². The Morgan fingerprint density at radius 1 is 0.838 bits per heavy atom. The molecule has 5 rings (SSSR count). The van der Waals surface area contributed by atoms with E-state index in [0.717, 1.165) is 55.8 Å². The lowest BCUT2D eigenvalue weighted by Gasteiger charge is -2.41. The molecule has 0 radical (unpaired) electrons. The molecule has 37 heavy (non-hydrogen) atoms. The van der Waals surface area contributed by atoms with E-state index in [1.807, 2.05) is 42.5 Å². The Labute approximate surface area is 218 Å². The van der Waals surface area contributed by atoms with Crippen LogP contribution in [-0.2, 0) is 17.4 Å². The van der Waals surface area contributed by atoms with Crippen LogP contribution in [0, 0.1) is 11.3 Å². The van der Waals surface area contributed by atoms with Crippen molar-refractivity contribution >= 4 is 0 Å². The van der Waals surface area contributed by atoms with E-state index in [0.29, 0.717) is 13.1 Å². The molecule has 188 valence electrons. The zero-order valence-corrected chi connectivity index (χ0v) is 21.1. The number of rotatable bonds is 9. The average molecular weight is 492 g/mol. The number of nitrogens with two attached hydrogens (primary N) is 1. The quantitative estimate of drug-likeness (QED) is 0.381. The lowest BCUT2D eigenvalue weighted by molar-refractivity contribution is 0.167. The zero-order valence-electron chi connectivity index (χ0n) is 21.1. The minimum atomic E-state index is -0.692. The Kier molecular flexibility index (Phi) is 7.40. The minimum Gasteiger partial charge on any atom is -0.329 e. The number of nitrogens with zero attached hydrogens (tertiary/aromatic N) is 6. The molecular formula is C30H33N7. The fraction of sp³-hybridized carbons (Fsp3) is 0.333. The number of aromatic nitrogens is 4. The number of nitriles is 1. The Hall–Kier alpha value is -3.86. The topological polar surface area (TPSA) is 96.7 Å². The normalized spacial score (nSPS) is 15.8. The van der Waals surface area contributed by atoms with Crippen molar-refractivity contribution in [2.75, 3.05) is 26.2 Å². The molecule has 0 unspecified atom stereocenters. The Bertz CT molecular complexity index is 1260. The van der Waals surface area contributed by atoms with Crippen LogP contribution in [0.2, 0.25) is 0 Å². The Balaban J connectivity index is 1.37. The van der Waals surface area contributed by atoms with Gasteiger partial charge in [-0.3, -0.25) is 0 Å². The smallest absolute Gasteiger partial charge is 0.185 e. The molecule has 0 aliphatic carbocycles.